The minimum Gasteiger partial charge on any atom is -0.377 e. The van der Waals surface area contributed by atoms with Crippen LogP contribution in [0.25, 0.3) is 0 Å². The summed E-state index contributed by atoms with van der Waals surface area (Å²) >= 11 is 0. The maximum absolute atomic E-state index is 12.2. The molecule has 156 valence electrons. The van der Waals surface area contributed by atoms with Crippen LogP contribution in [0.3, 0.4) is 0 Å². The molecule has 1 unspecified atom stereocenters. The topological polar surface area (TPSA) is 110 Å². The maximum atomic E-state index is 12.2. The lowest BCUT2D eigenvalue weighted by Crippen LogP contribution is -2.48. The zero-order valence-electron chi connectivity index (χ0n) is 16.7. The molecule has 0 amide bonds. The fourth-order valence-corrected chi connectivity index (χ4v) is 3.65. The third kappa shape index (κ3) is 6.56. The zero-order valence-corrected chi connectivity index (χ0v) is 19.8. The predicted octanol–water partition coefficient (Wildman–Crippen LogP) is 0.736. The fraction of sp³-hybridized carbons (Fsp3) is 0.812. The van der Waals surface area contributed by atoms with Gasteiger partial charge in [-0.3, -0.25) is 4.99 Å². The van der Waals surface area contributed by atoms with Crippen molar-refractivity contribution in [1.82, 2.24) is 25.4 Å². The summed E-state index contributed by atoms with van der Waals surface area (Å²) < 4.78 is 30.6. The highest BCUT2D eigenvalue weighted by molar-refractivity contribution is 14.0. The number of rotatable bonds is 6. The third-order valence-corrected chi connectivity index (χ3v) is 6.94. The number of hydrogen-bond acceptors (Lipinski definition) is 6. The first-order chi connectivity index (χ1) is 12.2. The van der Waals surface area contributed by atoms with Gasteiger partial charge in [-0.15, -0.1) is 24.0 Å². The van der Waals surface area contributed by atoms with Crippen LogP contribution in [0.2, 0.25) is 0 Å². The molecule has 1 aliphatic heterocycles. The molecule has 0 fully saturated rings. The van der Waals surface area contributed by atoms with Crippen LogP contribution in [0.1, 0.15) is 38.8 Å². The second kappa shape index (κ2) is 10.0. The Morgan fingerprint density at radius 3 is 2.70 bits per heavy atom. The number of aryl methyl sites for hydroxylation is 1. The van der Waals surface area contributed by atoms with E-state index in [2.05, 4.69) is 25.7 Å². The van der Waals surface area contributed by atoms with Crippen molar-refractivity contribution in [3.63, 3.8) is 0 Å². The van der Waals surface area contributed by atoms with Gasteiger partial charge in [-0.2, -0.15) is 5.10 Å². The van der Waals surface area contributed by atoms with Crippen LogP contribution in [0.5, 0.6) is 0 Å². The molecule has 27 heavy (non-hydrogen) atoms. The molecule has 0 aromatic carbocycles. The summed E-state index contributed by atoms with van der Waals surface area (Å²) in [6.07, 6.45) is 1.73. The standard InChI is InChI=1S/C16H30N6O3S.HI/c1-16(2,3)26(23,24)9-8-18-15(17-4)19-12-6-7-14-20-13(11-25-5)21-22(14)10-12;/h12H,6-11H2,1-5H3,(H2,17,18,19);1H. The lowest BCUT2D eigenvalue weighted by Gasteiger charge is -2.25. The van der Waals surface area contributed by atoms with E-state index in [1.54, 1.807) is 34.9 Å². The monoisotopic (exact) mass is 514 g/mol. The molecule has 0 spiro atoms. The normalized spacial score (nSPS) is 17.8. The molecule has 0 saturated carbocycles. The van der Waals surface area contributed by atoms with E-state index in [0.29, 0.717) is 31.5 Å². The average molecular weight is 514 g/mol. The smallest absolute Gasteiger partial charge is 0.191 e. The van der Waals surface area contributed by atoms with Crippen molar-refractivity contribution in [2.24, 2.45) is 4.99 Å². The zero-order chi connectivity index (χ0) is 19.4. The molecule has 0 saturated heterocycles. The van der Waals surface area contributed by atoms with Crippen LogP contribution in [0.15, 0.2) is 4.99 Å². The maximum Gasteiger partial charge on any atom is 0.191 e. The van der Waals surface area contributed by atoms with Crippen LogP contribution in [-0.2, 0) is 34.1 Å². The van der Waals surface area contributed by atoms with E-state index >= 15 is 0 Å². The molecule has 1 atom stereocenters. The van der Waals surface area contributed by atoms with Gasteiger partial charge in [0.1, 0.15) is 12.4 Å². The summed E-state index contributed by atoms with van der Waals surface area (Å²) in [5, 5.41) is 10.9. The number of aromatic nitrogens is 3. The molecule has 2 N–H and O–H groups in total. The number of ether oxygens (including phenoxy) is 1. The second-order valence-electron chi connectivity index (χ2n) is 7.37. The number of methoxy groups -OCH3 is 1. The minimum absolute atomic E-state index is 0. The number of hydrogen-bond donors (Lipinski definition) is 2. The van der Waals surface area contributed by atoms with Crippen LogP contribution >= 0.6 is 24.0 Å². The number of guanidine groups is 1. The van der Waals surface area contributed by atoms with Gasteiger partial charge in [0, 0.05) is 33.2 Å². The van der Waals surface area contributed by atoms with E-state index in [0.717, 1.165) is 18.7 Å². The Kier molecular flexibility index (Phi) is 8.93. The van der Waals surface area contributed by atoms with E-state index in [4.69, 9.17) is 4.74 Å². The number of aliphatic imine (C=N–C) groups is 1. The lowest BCUT2D eigenvalue weighted by atomic mass is 10.1. The quantitative estimate of drug-likeness (QED) is 0.327. The number of nitrogens with one attached hydrogen (secondary N) is 2. The summed E-state index contributed by atoms with van der Waals surface area (Å²) in [6, 6.07) is 0.157. The first kappa shape index (κ1) is 24.1. The van der Waals surface area contributed by atoms with E-state index in [1.165, 1.54) is 0 Å². The Balaban J connectivity index is 0.00000364. The lowest BCUT2D eigenvalue weighted by molar-refractivity contribution is 0.177. The summed E-state index contributed by atoms with van der Waals surface area (Å²) in [4.78, 5) is 8.65. The summed E-state index contributed by atoms with van der Waals surface area (Å²) in [6.45, 7) is 6.55. The molecular weight excluding hydrogens is 483 g/mol. The van der Waals surface area contributed by atoms with Crippen molar-refractivity contribution in [2.75, 3.05) is 26.5 Å². The molecule has 9 nitrogen and oxygen atoms in total. The fourth-order valence-electron chi connectivity index (χ4n) is 2.67. The van der Waals surface area contributed by atoms with Gasteiger partial charge in [0.05, 0.1) is 17.0 Å². The SMILES string of the molecule is CN=C(NCCS(=O)(=O)C(C)(C)C)NC1CCc2nc(COC)nn2C1.I. The third-order valence-electron chi connectivity index (χ3n) is 4.34. The van der Waals surface area contributed by atoms with Crippen molar-refractivity contribution >= 4 is 39.8 Å². The Labute approximate surface area is 178 Å². The van der Waals surface area contributed by atoms with Gasteiger partial charge >= 0.3 is 0 Å². The molecule has 0 aliphatic carbocycles. The molecule has 1 aromatic heterocycles. The number of nitrogens with zero attached hydrogens (tertiary/aromatic N) is 4. The molecule has 2 heterocycles. The van der Waals surface area contributed by atoms with E-state index in [-0.39, 0.29) is 35.8 Å². The Morgan fingerprint density at radius 2 is 2.11 bits per heavy atom. The van der Waals surface area contributed by atoms with E-state index in [1.807, 2.05) is 4.68 Å². The summed E-state index contributed by atoms with van der Waals surface area (Å²) in [5.74, 6) is 2.32. The van der Waals surface area contributed by atoms with Gasteiger partial charge in [0.2, 0.25) is 0 Å². The van der Waals surface area contributed by atoms with Gasteiger partial charge in [-0.25, -0.2) is 18.1 Å². The predicted molar refractivity (Wildman–Crippen MR) is 116 cm³/mol. The number of halogens is 1. The van der Waals surface area contributed by atoms with E-state index in [9.17, 15) is 8.42 Å². The average Bonchev–Trinajstić information content (AvgIpc) is 2.94. The molecular formula is C16H31IN6O3S. The minimum atomic E-state index is -3.16. The van der Waals surface area contributed by atoms with Gasteiger partial charge < -0.3 is 15.4 Å². The highest BCUT2D eigenvalue weighted by atomic mass is 127. The number of sulfone groups is 1. The van der Waals surface area contributed by atoms with Crippen LogP contribution in [0, 0.1) is 0 Å². The molecule has 2 rings (SSSR count). The Morgan fingerprint density at radius 1 is 1.41 bits per heavy atom. The van der Waals surface area contributed by atoms with Crippen molar-refractivity contribution < 1.29 is 13.2 Å². The van der Waals surface area contributed by atoms with Crippen LogP contribution in [0.4, 0.5) is 0 Å². The first-order valence-electron chi connectivity index (χ1n) is 8.77. The highest BCUT2D eigenvalue weighted by Gasteiger charge is 2.28. The van der Waals surface area contributed by atoms with Gasteiger partial charge in [-0.1, -0.05) is 0 Å². The van der Waals surface area contributed by atoms with Gasteiger partial charge in [0.15, 0.2) is 21.6 Å². The van der Waals surface area contributed by atoms with Crippen molar-refractivity contribution in [3.05, 3.63) is 11.6 Å². The molecule has 0 radical (unpaired) electrons. The molecule has 1 aliphatic rings. The van der Waals surface area contributed by atoms with Crippen molar-refractivity contribution in [1.29, 1.82) is 0 Å². The Bertz CT molecular complexity index is 742. The van der Waals surface area contributed by atoms with Gasteiger partial charge in [-0.05, 0) is 27.2 Å². The largest absolute Gasteiger partial charge is 0.377 e. The van der Waals surface area contributed by atoms with Crippen molar-refractivity contribution in [3.8, 4) is 0 Å². The molecule has 1 aromatic rings. The van der Waals surface area contributed by atoms with Crippen LogP contribution in [-0.4, -0.2) is 66.4 Å². The second-order valence-corrected chi connectivity index (χ2v) is 10.2. The summed E-state index contributed by atoms with van der Waals surface area (Å²) in [5.41, 5.74) is 0. The first-order valence-corrected chi connectivity index (χ1v) is 10.4. The highest BCUT2D eigenvalue weighted by Crippen LogP contribution is 2.15. The van der Waals surface area contributed by atoms with E-state index < -0.39 is 14.6 Å². The summed E-state index contributed by atoms with van der Waals surface area (Å²) in [7, 11) is 0.143. The van der Waals surface area contributed by atoms with Gasteiger partial charge in [0.25, 0.3) is 0 Å². The Hall–Kier alpha value is -0.950. The number of fused-ring (bicyclic) bond motifs is 1. The molecule has 0 bridgehead atoms. The van der Waals surface area contributed by atoms with Crippen molar-refractivity contribution in [2.45, 2.75) is 57.6 Å². The van der Waals surface area contributed by atoms with Crippen LogP contribution < -0.4 is 10.6 Å². The molecule has 11 heteroatoms.